The number of hydrogen-bond acceptors (Lipinski definition) is 7. The Morgan fingerprint density at radius 3 is 2.37 bits per heavy atom. The first kappa shape index (κ1) is 15.0. The van der Waals surface area contributed by atoms with Gasteiger partial charge in [0.2, 0.25) is 0 Å². The highest BCUT2D eigenvalue weighted by Crippen LogP contribution is 2.46. The van der Waals surface area contributed by atoms with E-state index in [1.807, 2.05) is 0 Å². The van der Waals surface area contributed by atoms with Crippen molar-refractivity contribution in [3.63, 3.8) is 0 Å². The molecule has 0 aromatic heterocycles. The number of hydrogen-bond donors (Lipinski definition) is 2. The van der Waals surface area contributed by atoms with Crippen LogP contribution in [0.5, 0.6) is 0 Å². The Hall–Kier alpha value is 1.08. The molecule has 4 nitrogen and oxygen atoms in total. The fourth-order valence-corrected chi connectivity index (χ4v) is 10.3. The van der Waals surface area contributed by atoms with Gasteiger partial charge in [0, 0.05) is 17.8 Å². The second-order valence-electron chi connectivity index (χ2n) is 5.39. The quantitative estimate of drug-likeness (QED) is 0.718. The fourth-order valence-electron chi connectivity index (χ4n) is 3.24. The van der Waals surface area contributed by atoms with Crippen LogP contribution in [0.2, 0.25) is 0 Å². The molecular weight excluding hydrogens is 322 g/mol. The van der Waals surface area contributed by atoms with E-state index >= 15 is 0 Å². The highest BCUT2D eigenvalue weighted by Gasteiger charge is 2.47. The molecule has 0 saturated carbocycles. The molecule has 0 spiro atoms. The summed E-state index contributed by atoms with van der Waals surface area (Å²) >= 11 is 0. The summed E-state index contributed by atoms with van der Waals surface area (Å²) in [5.74, 6) is 1.22. The van der Waals surface area contributed by atoms with Crippen molar-refractivity contribution in [3.05, 3.63) is 0 Å². The Morgan fingerprint density at radius 1 is 1.16 bits per heavy atom. The van der Waals surface area contributed by atoms with E-state index in [1.54, 1.807) is 21.6 Å². The van der Waals surface area contributed by atoms with Crippen LogP contribution in [0.4, 0.5) is 0 Å². The Kier molecular flexibility index (Phi) is 4.78. The van der Waals surface area contributed by atoms with Crippen molar-refractivity contribution >= 4 is 42.2 Å². The minimum atomic E-state index is -0.933. The lowest BCUT2D eigenvalue weighted by Crippen LogP contribution is -2.47. The maximum atomic E-state index is 11.6. The molecule has 0 aromatic rings. The third-order valence-corrected chi connectivity index (χ3v) is 10.6. The molecule has 3 heterocycles. The summed E-state index contributed by atoms with van der Waals surface area (Å²) in [7, 11) is 6.13. The Balaban J connectivity index is 1.68. The lowest BCUT2D eigenvalue weighted by molar-refractivity contribution is 0.122. The normalized spacial score (nSPS) is 52.1. The molecule has 3 aliphatic rings. The van der Waals surface area contributed by atoms with E-state index < -0.39 is 15.9 Å². The van der Waals surface area contributed by atoms with Crippen LogP contribution >= 0.6 is 32.4 Å². The van der Waals surface area contributed by atoms with Gasteiger partial charge in [0.1, 0.15) is 0 Å². The molecule has 3 fully saturated rings. The number of rotatable bonds is 2. The Morgan fingerprint density at radius 2 is 1.84 bits per heavy atom. The van der Waals surface area contributed by atoms with Crippen LogP contribution in [0, 0.1) is 0 Å². The summed E-state index contributed by atoms with van der Waals surface area (Å²) in [6.45, 7) is 0. The lowest BCUT2D eigenvalue weighted by Gasteiger charge is -2.33. The van der Waals surface area contributed by atoms with Gasteiger partial charge in [-0.15, -0.1) is 0 Å². The van der Waals surface area contributed by atoms with Gasteiger partial charge in [-0.1, -0.05) is 32.4 Å². The van der Waals surface area contributed by atoms with Gasteiger partial charge in [-0.05, 0) is 19.9 Å². The van der Waals surface area contributed by atoms with Crippen molar-refractivity contribution in [1.29, 1.82) is 0 Å². The Labute approximate surface area is 127 Å². The van der Waals surface area contributed by atoms with E-state index in [9.17, 15) is 14.4 Å². The second-order valence-corrected chi connectivity index (χ2v) is 11.3. The second kappa shape index (κ2) is 6.06. The van der Waals surface area contributed by atoms with Crippen molar-refractivity contribution in [2.45, 2.75) is 47.6 Å². The van der Waals surface area contributed by atoms with E-state index in [1.165, 1.54) is 10.8 Å². The SMILES string of the molecule is CN1[C@@H]([C@H]2SSC[C@@H]2O)CC[C@@H]1[C@H]1SS(=O)C[C@@H]1O. The maximum absolute atomic E-state index is 11.6. The molecule has 3 rings (SSSR count). The van der Waals surface area contributed by atoms with E-state index in [2.05, 4.69) is 11.9 Å². The highest BCUT2D eigenvalue weighted by atomic mass is 33.1. The average Bonchev–Trinajstić information content (AvgIpc) is 3.00. The maximum Gasteiger partial charge on any atom is 0.0834 e. The largest absolute Gasteiger partial charge is 0.391 e. The van der Waals surface area contributed by atoms with Crippen LogP contribution in [0.25, 0.3) is 0 Å². The minimum Gasteiger partial charge on any atom is -0.391 e. The summed E-state index contributed by atoms with van der Waals surface area (Å²) in [4.78, 5) is 2.32. The molecule has 0 aliphatic carbocycles. The van der Waals surface area contributed by atoms with Crippen LogP contribution in [-0.2, 0) is 9.83 Å². The van der Waals surface area contributed by atoms with Gasteiger partial charge in [0.15, 0.2) is 0 Å². The first-order chi connectivity index (χ1) is 9.08. The summed E-state index contributed by atoms with van der Waals surface area (Å²) in [6.07, 6.45) is 1.41. The van der Waals surface area contributed by atoms with Crippen LogP contribution < -0.4 is 0 Å². The number of nitrogens with zero attached hydrogens (tertiary/aromatic N) is 1. The first-order valence-corrected chi connectivity index (χ1v) is 11.6. The molecule has 8 heteroatoms. The predicted octanol–water partition coefficient (Wildman–Crippen LogP) is 0.714. The van der Waals surface area contributed by atoms with Crippen molar-refractivity contribution in [3.8, 4) is 0 Å². The monoisotopic (exact) mass is 341 g/mol. The van der Waals surface area contributed by atoms with Gasteiger partial charge in [-0.2, -0.15) is 0 Å². The lowest BCUT2D eigenvalue weighted by atomic mass is 10.1. The van der Waals surface area contributed by atoms with Gasteiger partial charge in [-0.3, -0.25) is 4.90 Å². The van der Waals surface area contributed by atoms with Gasteiger partial charge in [-0.25, -0.2) is 4.21 Å². The van der Waals surface area contributed by atoms with Crippen molar-refractivity contribution < 1.29 is 14.4 Å². The van der Waals surface area contributed by atoms with E-state index in [0.717, 1.165) is 18.6 Å². The van der Waals surface area contributed by atoms with Crippen LogP contribution in [-0.4, -0.2) is 72.7 Å². The molecule has 3 saturated heterocycles. The number of aliphatic hydroxyl groups excluding tert-OH is 2. The third-order valence-electron chi connectivity index (χ3n) is 4.26. The van der Waals surface area contributed by atoms with E-state index in [4.69, 9.17) is 0 Å². The van der Waals surface area contributed by atoms with Gasteiger partial charge < -0.3 is 10.2 Å². The van der Waals surface area contributed by atoms with E-state index in [0.29, 0.717) is 11.8 Å². The molecule has 0 radical (unpaired) electrons. The average molecular weight is 342 g/mol. The third kappa shape index (κ3) is 2.86. The summed E-state index contributed by atoms with van der Waals surface area (Å²) in [6, 6.07) is 0.664. The standard InChI is InChI=1S/C11H19NO3S4/c1-12-6(10-8(13)4-16-17-10)2-3-7(12)11-9(14)5-19(15)18-11/h6-11,13-14H,2-5H2,1H3/t6-,7-,8+,9+,10-,11-,19?/m1/s1. The number of likely N-dealkylation sites (tertiary alicyclic amines) is 1. The summed E-state index contributed by atoms with van der Waals surface area (Å²) in [5.41, 5.74) is 0. The predicted molar refractivity (Wildman–Crippen MR) is 84.8 cm³/mol. The Bertz CT molecular complexity index is 372. The molecule has 0 aromatic carbocycles. The minimum absolute atomic E-state index is 0.0621. The summed E-state index contributed by atoms with van der Waals surface area (Å²) in [5, 5.41) is 20.4. The van der Waals surface area contributed by atoms with Crippen molar-refractivity contribution in [2.24, 2.45) is 0 Å². The van der Waals surface area contributed by atoms with Gasteiger partial charge in [0.25, 0.3) is 0 Å². The zero-order chi connectivity index (χ0) is 13.6. The van der Waals surface area contributed by atoms with Gasteiger partial charge in [0.05, 0.1) is 38.3 Å². The molecule has 19 heavy (non-hydrogen) atoms. The van der Waals surface area contributed by atoms with E-state index in [-0.39, 0.29) is 22.6 Å². The molecule has 0 bridgehead atoms. The first-order valence-electron chi connectivity index (χ1n) is 6.50. The van der Waals surface area contributed by atoms with Crippen molar-refractivity contribution in [1.82, 2.24) is 4.90 Å². The molecule has 1 unspecified atom stereocenters. The molecule has 7 atom stereocenters. The fraction of sp³-hybridized carbons (Fsp3) is 1.00. The molecule has 110 valence electrons. The molecule has 2 N–H and O–H groups in total. The zero-order valence-electron chi connectivity index (χ0n) is 10.7. The van der Waals surface area contributed by atoms with Gasteiger partial charge >= 0.3 is 0 Å². The van der Waals surface area contributed by atoms with Crippen LogP contribution in [0.15, 0.2) is 0 Å². The highest BCUT2D eigenvalue weighted by molar-refractivity contribution is 8.77. The molecule has 3 aliphatic heterocycles. The molecule has 0 amide bonds. The zero-order valence-corrected chi connectivity index (χ0v) is 13.9. The smallest absolute Gasteiger partial charge is 0.0834 e. The summed E-state index contributed by atoms with van der Waals surface area (Å²) < 4.78 is 11.6. The van der Waals surface area contributed by atoms with Crippen LogP contribution in [0.1, 0.15) is 12.8 Å². The van der Waals surface area contributed by atoms with Crippen molar-refractivity contribution in [2.75, 3.05) is 18.6 Å². The topological polar surface area (TPSA) is 60.8 Å². The molecular formula is C11H19NO3S4. The van der Waals surface area contributed by atoms with Crippen LogP contribution in [0.3, 0.4) is 0 Å². The number of aliphatic hydroxyl groups is 2.